The van der Waals surface area contributed by atoms with E-state index in [1.807, 2.05) is 18.2 Å². The van der Waals surface area contributed by atoms with E-state index in [0.29, 0.717) is 33.7 Å². The van der Waals surface area contributed by atoms with Gasteiger partial charge in [-0.25, -0.2) is 9.78 Å². The predicted octanol–water partition coefficient (Wildman–Crippen LogP) is 9.05. The lowest BCUT2D eigenvalue weighted by Gasteiger charge is -2.05. The van der Waals surface area contributed by atoms with E-state index in [1.165, 1.54) is 106 Å². The first kappa shape index (κ1) is 31.1. The number of amides is 2. The number of nitrogens with one attached hydrogen (secondary N) is 2. The number of nitro groups is 1. The van der Waals surface area contributed by atoms with E-state index in [-0.39, 0.29) is 11.6 Å². The van der Waals surface area contributed by atoms with Gasteiger partial charge >= 0.3 is 6.03 Å². The molecule has 11 heteroatoms. The van der Waals surface area contributed by atoms with E-state index in [2.05, 4.69) is 27.6 Å². The van der Waals surface area contributed by atoms with Gasteiger partial charge in [0.15, 0.2) is 5.13 Å². The van der Waals surface area contributed by atoms with Gasteiger partial charge in [0.25, 0.3) is 5.69 Å². The Morgan fingerprint density at radius 3 is 2.21 bits per heavy atom. The summed E-state index contributed by atoms with van der Waals surface area (Å²) in [5.41, 5.74) is 1.78. The van der Waals surface area contributed by atoms with Crippen LogP contribution in [0.15, 0.2) is 42.6 Å². The van der Waals surface area contributed by atoms with Crippen LogP contribution < -0.4 is 10.6 Å². The SMILES string of the molecule is CCCCCCCCCCCCCCCC(=O)Nc1ccc2nc(NC(=O)n3ncc4cc([N+](=O)[O-])ccc43)sc2c1. The van der Waals surface area contributed by atoms with E-state index in [9.17, 15) is 19.7 Å². The molecule has 0 atom stereocenters. The maximum absolute atomic E-state index is 12.8. The number of thiazole rings is 1. The molecule has 2 amide bonds. The van der Waals surface area contributed by atoms with E-state index in [1.54, 1.807) is 0 Å². The fourth-order valence-corrected chi connectivity index (χ4v) is 5.92. The highest BCUT2D eigenvalue weighted by Crippen LogP contribution is 2.29. The van der Waals surface area contributed by atoms with Crippen molar-refractivity contribution in [1.82, 2.24) is 14.8 Å². The second-order valence-electron chi connectivity index (χ2n) is 10.7. The molecule has 2 N–H and O–H groups in total. The monoisotopic (exact) mass is 592 g/mol. The molecule has 4 aromatic rings. The van der Waals surface area contributed by atoms with Crippen molar-refractivity contribution in [2.45, 2.75) is 96.8 Å². The number of hydrogen-bond acceptors (Lipinski definition) is 7. The van der Waals surface area contributed by atoms with E-state index < -0.39 is 11.0 Å². The number of aromatic nitrogens is 3. The molecule has 224 valence electrons. The quantitative estimate of drug-likeness (QED) is 0.0714. The number of carbonyl (C=O) groups is 2. The van der Waals surface area contributed by atoms with Crippen LogP contribution in [0.3, 0.4) is 0 Å². The molecule has 0 bridgehead atoms. The van der Waals surface area contributed by atoms with Crippen molar-refractivity contribution in [1.29, 1.82) is 0 Å². The first-order chi connectivity index (χ1) is 20.4. The maximum Gasteiger partial charge on any atom is 0.348 e. The Morgan fingerprint density at radius 2 is 1.55 bits per heavy atom. The lowest BCUT2D eigenvalue weighted by molar-refractivity contribution is -0.384. The number of non-ortho nitro benzene ring substituents is 1. The number of unbranched alkanes of at least 4 members (excludes halogenated alkanes) is 12. The summed E-state index contributed by atoms with van der Waals surface area (Å²) in [5, 5.41) is 21.7. The molecule has 42 heavy (non-hydrogen) atoms. The number of rotatable bonds is 17. The number of anilines is 2. The van der Waals surface area contributed by atoms with Crippen molar-refractivity contribution < 1.29 is 14.5 Å². The third-order valence-corrected chi connectivity index (χ3v) is 8.28. The topological polar surface area (TPSA) is 132 Å². The summed E-state index contributed by atoms with van der Waals surface area (Å²) in [5.74, 6) is 0.00117. The van der Waals surface area contributed by atoms with Crippen LogP contribution in [0.4, 0.5) is 21.3 Å². The van der Waals surface area contributed by atoms with E-state index in [0.717, 1.165) is 22.2 Å². The summed E-state index contributed by atoms with van der Waals surface area (Å²) in [7, 11) is 0. The normalized spacial score (nSPS) is 11.3. The fourth-order valence-electron chi connectivity index (χ4n) is 5.02. The lowest BCUT2D eigenvalue weighted by Crippen LogP contribution is -2.20. The van der Waals surface area contributed by atoms with E-state index in [4.69, 9.17) is 0 Å². The van der Waals surface area contributed by atoms with Crippen LogP contribution in [0.2, 0.25) is 0 Å². The highest BCUT2D eigenvalue weighted by Gasteiger charge is 2.16. The van der Waals surface area contributed by atoms with Crippen LogP contribution in [0.5, 0.6) is 0 Å². The number of carbonyl (C=O) groups excluding carboxylic acids is 2. The van der Waals surface area contributed by atoms with Gasteiger partial charge < -0.3 is 5.32 Å². The average Bonchev–Trinajstić information content (AvgIpc) is 3.58. The van der Waals surface area contributed by atoms with Gasteiger partial charge in [0.1, 0.15) is 0 Å². The highest BCUT2D eigenvalue weighted by atomic mass is 32.1. The molecular formula is C31H40N6O4S. The van der Waals surface area contributed by atoms with Gasteiger partial charge in [-0.15, -0.1) is 0 Å². The summed E-state index contributed by atoms with van der Waals surface area (Å²) >= 11 is 1.29. The molecule has 0 unspecified atom stereocenters. The van der Waals surface area contributed by atoms with E-state index >= 15 is 0 Å². The molecule has 0 radical (unpaired) electrons. The number of benzene rings is 2. The summed E-state index contributed by atoms with van der Waals surface area (Å²) in [4.78, 5) is 40.3. The average molecular weight is 593 g/mol. The molecule has 0 spiro atoms. The van der Waals surface area contributed by atoms with Crippen LogP contribution in [0.1, 0.15) is 96.8 Å². The van der Waals surface area contributed by atoms with Gasteiger partial charge in [-0.1, -0.05) is 95.3 Å². The minimum absolute atomic E-state index is 0.00117. The molecule has 0 aliphatic carbocycles. The summed E-state index contributed by atoms with van der Waals surface area (Å²) in [6.45, 7) is 2.26. The minimum atomic E-state index is -0.524. The molecule has 0 fully saturated rings. The molecule has 0 aliphatic rings. The number of fused-ring (bicyclic) bond motifs is 2. The zero-order valence-corrected chi connectivity index (χ0v) is 25.1. The second-order valence-corrected chi connectivity index (χ2v) is 11.8. The third kappa shape index (κ3) is 9.07. The Balaban J connectivity index is 1.16. The van der Waals surface area contributed by atoms with Crippen molar-refractivity contribution in [3.63, 3.8) is 0 Å². The van der Waals surface area contributed by atoms with Gasteiger partial charge in [-0.3, -0.25) is 20.2 Å². The zero-order valence-electron chi connectivity index (χ0n) is 24.3. The standard InChI is InChI=1S/C31H40N6O4S/c1-2-3-4-5-6-7-8-9-10-11-12-13-14-15-29(38)33-24-16-18-26-28(21-24)42-30(34-26)35-31(39)36-27-19-17-25(37(40)41)20-23(27)22-32-36/h16-22H,2-15H2,1H3,(H,33,38)(H,34,35,39). The molecule has 2 heterocycles. The minimum Gasteiger partial charge on any atom is -0.326 e. The van der Waals surface area contributed by atoms with Gasteiger partial charge in [0, 0.05) is 29.6 Å². The van der Waals surface area contributed by atoms with Crippen LogP contribution in [0, 0.1) is 10.1 Å². The smallest absolute Gasteiger partial charge is 0.326 e. The molecule has 4 rings (SSSR count). The summed E-state index contributed by atoms with van der Waals surface area (Å²) in [6.07, 6.45) is 18.5. The maximum atomic E-state index is 12.8. The van der Waals surface area contributed by atoms with Crippen LogP contribution in [-0.2, 0) is 4.79 Å². The van der Waals surface area contributed by atoms with Gasteiger partial charge in [0.2, 0.25) is 5.91 Å². The Kier molecular flexibility index (Phi) is 11.8. The van der Waals surface area contributed by atoms with Crippen molar-refractivity contribution in [2.75, 3.05) is 10.6 Å². The highest BCUT2D eigenvalue weighted by molar-refractivity contribution is 7.22. The Labute approximate surface area is 250 Å². The molecule has 2 aromatic heterocycles. The largest absolute Gasteiger partial charge is 0.348 e. The summed E-state index contributed by atoms with van der Waals surface area (Å²) in [6, 6.07) is 9.15. The molecule has 2 aromatic carbocycles. The van der Waals surface area contributed by atoms with Crippen LogP contribution >= 0.6 is 11.3 Å². The van der Waals surface area contributed by atoms with Crippen molar-refractivity contribution >= 4 is 60.9 Å². The molecule has 0 saturated carbocycles. The number of nitro benzene ring substituents is 1. The Bertz CT molecular complexity index is 1500. The van der Waals surface area contributed by atoms with Crippen LogP contribution in [0.25, 0.3) is 21.1 Å². The second kappa shape index (κ2) is 16.0. The predicted molar refractivity (Wildman–Crippen MR) is 169 cm³/mol. The first-order valence-corrected chi connectivity index (χ1v) is 15.9. The number of nitrogens with zero attached hydrogens (tertiary/aromatic N) is 4. The summed E-state index contributed by atoms with van der Waals surface area (Å²) < 4.78 is 1.97. The lowest BCUT2D eigenvalue weighted by atomic mass is 10.0. The third-order valence-electron chi connectivity index (χ3n) is 7.35. The molecule has 0 saturated heterocycles. The molecule has 0 aliphatic heterocycles. The van der Waals surface area contributed by atoms with Gasteiger partial charge in [-0.2, -0.15) is 9.78 Å². The Hall–Kier alpha value is -3.86. The van der Waals surface area contributed by atoms with Crippen LogP contribution in [-0.4, -0.2) is 31.6 Å². The molecular weight excluding hydrogens is 552 g/mol. The molecule has 10 nitrogen and oxygen atoms in total. The number of hydrogen-bond donors (Lipinski definition) is 2. The fraction of sp³-hybridized carbons (Fsp3) is 0.484. The Morgan fingerprint density at radius 1 is 0.881 bits per heavy atom. The zero-order chi connectivity index (χ0) is 29.7. The van der Waals surface area contributed by atoms with Gasteiger partial charge in [-0.05, 0) is 30.7 Å². The first-order valence-electron chi connectivity index (χ1n) is 15.1. The van der Waals surface area contributed by atoms with Crippen molar-refractivity contribution in [3.05, 3.63) is 52.7 Å². The van der Waals surface area contributed by atoms with Crippen molar-refractivity contribution in [3.8, 4) is 0 Å². The van der Waals surface area contributed by atoms with Crippen molar-refractivity contribution in [2.24, 2.45) is 0 Å². The van der Waals surface area contributed by atoms with Gasteiger partial charge in [0.05, 0.1) is 26.9 Å².